The number of aldehydes is 1. The molecule has 0 saturated carbocycles. The van der Waals surface area contributed by atoms with Crippen molar-refractivity contribution >= 4 is 12.4 Å². The maximum atomic E-state index is 11.0. The quantitative estimate of drug-likeness (QED) is 0.588. The summed E-state index contributed by atoms with van der Waals surface area (Å²) in [5, 5.41) is 0. The van der Waals surface area contributed by atoms with Crippen molar-refractivity contribution in [3.05, 3.63) is 54.1 Å². The molecule has 22 heavy (non-hydrogen) atoms. The Kier molecular flexibility index (Phi) is 5.33. The van der Waals surface area contributed by atoms with Crippen molar-refractivity contribution in [3.63, 3.8) is 0 Å². The predicted molar refractivity (Wildman–Crippen MR) is 88.3 cm³/mol. The van der Waals surface area contributed by atoms with Crippen molar-refractivity contribution in [1.29, 1.82) is 0 Å². The maximum Gasteiger partial charge on any atom is 0.162 e. The number of benzene rings is 1. The van der Waals surface area contributed by atoms with Crippen LogP contribution < -0.4 is 0 Å². The van der Waals surface area contributed by atoms with E-state index in [1.807, 2.05) is 56.3 Å². The van der Waals surface area contributed by atoms with Crippen LogP contribution in [0.3, 0.4) is 0 Å². The highest BCUT2D eigenvalue weighted by molar-refractivity contribution is 5.53. The first kappa shape index (κ1) is 16.7. The van der Waals surface area contributed by atoms with Crippen LogP contribution in [0.25, 0.3) is 6.08 Å². The molecule has 1 heterocycles. The van der Waals surface area contributed by atoms with Crippen LogP contribution in [0.2, 0.25) is 0 Å². The van der Waals surface area contributed by atoms with Crippen molar-refractivity contribution in [2.75, 3.05) is 13.2 Å². The zero-order valence-corrected chi connectivity index (χ0v) is 13.4. The fraction of sp³-hybridized carbons (Fsp3) is 0.421. The van der Waals surface area contributed by atoms with Crippen molar-refractivity contribution in [3.8, 4) is 0 Å². The van der Waals surface area contributed by atoms with Crippen LogP contribution in [0.1, 0.15) is 32.3 Å². The minimum atomic E-state index is -0.576. The number of hydrogen-bond acceptors (Lipinski definition) is 3. The van der Waals surface area contributed by atoms with Crippen molar-refractivity contribution in [2.45, 2.75) is 32.5 Å². The first-order chi connectivity index (χ1) is 10.4. The molecule has 3 heteroatoms. The fourth-order valence-electron chi connectivity index (χ4n) is 2.52. The highest BCUT2D eigenvalue weighted by atomic mass is 16.7. The molecule has 1 aliphatic heterocycles. The third kappa shape index (κ3) is 4.65. The van der Waals surface area contributed by atoms with Crippen LogP contribution >= 0.6 is 0 Å². The molecule has 2 rings (SSSR count). The summed E-state index contributed by atoms with van der Waals surface area (Å²) in [6, 6.07) is 10.1. The van der Waals surface area contributed by atoms with Crippen molar-refractivity contribution < 1.29 is 14.3 Å². The first-order valence-electron chi connectivity index (χ1n) is 7.57. The molecule has 0 bridgehead atoms. The molecule has 0 spiro atoms. The summed E-state index contributed by atoms with van der Waals surface area (Å²) in [5.41, 5.74) is 1.79. The largest absolute Gasteiger partial charge is 0.350 e. The monoisotopic (exact) mass is 300 g/mol. The minimum absolute atomic E-state index is 0.310. The van der Waals surface area contributed by atoms with E-state index >= 15 is 0 Å². The Bertz CT molecular complexity index is 533. The van der Waals surface area contributed by atoms with Crippen LogP contribution in [0, 0.1) is 5.41 Å². The smallest absolute Gasteiger partial charge is 0.162 e. The van der Waals surface area contributed by atoms with Crippen LogP contribution in [-0.4, -0.2) is 25.3 Å². The molecule has 0 atom stereocenters. The van der Waals surface area contributed by atoms with Gasteiger partial charge in [-0.15, -0.1) is 0 Å². The van der Waals surface area contributed by atoms with E-state index in [-0.39, 0.29) is 5.41 Å². The fourth-order valence-corrected chi connectivity index (χ4v) is 2.52. The lowest BCUT2D eigenvalue weighted by molar-refractivity contribution is -0.284. The van der Waals surface area contributed by atoms with Crippen LogP contribution in [0.4, 0.5) is 0 Å². The van der Waals surface area contributed by atoms with Gasteiger partial charge < -0.3 is 14.3 Å². The van der Waals surface area contributed by atoms with E-state index in [1.54, 1.807) is 0 Å². The number of carbonyl (C=O) groups excluding carboxylic acids is 1. The molecule has 1 aromatic carbocycles. The molecule has 1 saturated heterocycles. The van der Waals surface area contributed by atoms with E-state index < -0.39 is 5.79 Å². The molecule has 0 N–H and O–H groups in total. The summed E-state index contributed by atoms with van der Waals surface area (Å²) >= 11 is 0. The molecule has 0 amide bonds. The molecule has 118 valence electrons. The molecule has 0 radical (unpaired) electrons. The summed E-state index contributed by atoms with van der Waals surface area (Å²) in [6.45, 7) is 8.92. The van der Waals surface area contributed by atoms with E-state index in [2.05, 4.69) is 6.58 Å². The second kappa shape index (κ2) is 7.03. The predicted octanol–water partition coefficient (Wildman–Crippen LogP) is 4.00. The van der Waals surface area contributed by atoms with Gasteiger partial charge in [0.05, 0.1) is 13.2 Å². The summed E-state index contributed by atoms with van der Waals surface area (Å²) < 4.78 is 11.5. The summed E-state index contributed by atoms with van der Waals surface area (Å²) in [6.07, 6.45) is 6.08. The average molecular weight is 300 g/mol. The highest BCUT2D eigenvalue weighted by Gasteiger charge is 2.39. The Balaban J connectivity index is 2.00. The van der Waals surface area contributed by atoms with Gasteiger partial charge in [0, 0.05) is 11.8 Å². The van der Waals surface area contributed by atoms with Gasteiger partial charge in [0.1, 0.15) is 6.29 Å². The zero-order chi connectivity index (χ0) is 16.1. The number of rotatable bonds is 6. The number of hydrogen-bond donors (Lipinski definition) is 0. The first-order valence-corrected chi connectivity index (χ1v) is 7.57. The second-order valence-electron chi connectivity index (χ2n) is 6.43. The Hall–Kier alpha value is -1.71. The standard InChI is InChI=1S/C19H24O3/c1-16(9-10-17-7-5-4-6-8-17)13-19(11-12-20)14-21-18(2,3)22-15-19/h4-10,12H,1,11,13-15H2,2-3H3/b10-9+. The van der Waals surface area contributed by atoms with Crippen LogP contribution in [-0.2, 0) is 14.3 Å². The van der Waals surface area contributed by atoms with Crippen LogP contribution in [0.5, 0.6) is 0 Å². The summed E-state index contributed by atoms with van der Waals surface area (Å²) in [4.78, 5) is 11.0. The van der Waals surface area contributed by atoms with Crippen LogP contribution in [0.15, 0.2) is 48.6 Å². The molecule has 1 aromatic rings. The van der Waals surface area contributed by atoms with E-state index in [0.717, 1.165) is 17.4 Å². The molecule has 1 aliphatic rings. The molecule has 0 unspecified atom stereocenters. The molecular formula is C19H24O3. The molecule has 1 fully saturated rings. The third-order valence-electron chi connectivity index (χ3n) is 3.88. The van der Waals surface area contributed by atoms with Gasteiger partial charge >= 0.3 is 0 Å². The Morgan fingerprint density at radius 1 is 1.23 bits per heavy atom. The Labute approximate surface area is 132 Å². The van der Waals surface area contributed by atoms with Gasteiger partial charge in [-0.05, 0) is 25.8 Å². The van der Waals surface area contributed by atoms with E-state index in [0.29, 0.717) is 26.1 Å². The molecule has 0 aliphatic carbocycles. The number of allylic oxidation sites excluding steroid dienone is 2. The minimum Gasteiger partial charge on any atom is -0.350 e. The maximum absolute atomic E-state index is 11.0. The number of carbonyl (C=O) groups is 1. The van der Waals surface area contributed by atoms with E-state index in [1.165, 1.54) is 0 Å². The highest BCUT2D eigenvalue weighted by Crippen LogP contribution is 2.37. The van der Waals surface area contributed by atoms with E-state index in [9.17, 15) is 4.79 Å². The van der Waals surface area contributed by atoms with Gasteiger partial charge in [-0.25, -0.2) is 0 Å². The molecule has 3 nitrogen and oxygen atoms in total. The second-order valence-corrected chi connectivity index (χ2v) is 6.43. The number of ether oxygens (including phenoxy) is 2. The molecular weight excluding hydrogens is 276 g/mol. The lowest BCUT2D eigenvalue weighted by Crippen LogP contribution is -2.46. The lowest BCUT2D eigenvalue weighted by Gasteiger charge is -2.43. The topological polar surface area (TPSA) is 35.5 Å². The summed E-state index contributed by atoms with van der Waals surface area (Å²) in [5.74, 6) is -0.576. The average Bonchev–Trinajstić information content (AvgIpc) is 2.50. The van der Waals surface area contributed by atoms with Gasteiger partial charge in [0.2, 0.25) is 0 Å². The Morgan fingerprint density at radius 2 is 1.86 bits per heavy atom. The van der Waals surface area contributed by atoms with Gasteiger partial charge in [0.15, 0.2) is 5.79 Å². The third-order valence-corrected chi connectivity index (χ3v) is 3.88. The SMILES string of the molecule is C=C(/C=C/c1ccccc1)CC1(CC=O)COC(C)(C)OC1. The van der Waals surface area contributed by atoms with Crippen molar-refractivity contribution in [2.24, 2.45) is 5.41 Å². The Morgan fingerprint density at radius 3 is 2.45 bits per heavy atom. The van der Waals surface area contributed by atoms with Gasteiger partial charge in [-0.1, -0.05) is 54.6 Å². The van der Waals surface area contributed by atoms with Gasteiger partial charge in [-0.2, -0.15) is 0 Å². The van der Waals surface area contributed by atoms with Gasteiger partial charge in [0.25, 0.3) is 0 Å². The van der Waals surface area contributed by atoms with Gasteiger partial charge in [-0.3, -0.25) is 0 Å². The zero-order valence-electron chi connectivity index (χ0n) is 13.4. The normalized spacial score (nSPS) is 19.9. The summed E-state index contributed by atoms with van der Waals surface area (Å²) in [7, 11) is 0. The lowest BCUT2D eigenvalue weighted by atomic mass is 9.79. The molecule has 0 aromatic heterocycles. The van der Waals surface area contributed by atoms with Crippen molar-refractivity contribution in [1.82, 2.24) is 0 Å². The van der Waals surface area contributed by atoms with E-state index in [4.69, 9.17) is 9.47 Å².